The Morgan fingerprint density at radius 2 is 1.89 bits per heavy atom. The molecule has 4 rings (SSSR count). The van der Waals surface area contributed by atoms with Crippen molar-refractivity contribution in [2.24, 2.45) is 0 Å². The van der Waals surface area contributed by atoms with Crippen LogP contribution in [0.25, 0.3) is 10.2 Å². The van der Waals surface area contributed by atoms with Gasteiger partial charge in [0.15, 0.2) is 6.54 Å². The van der Waals surface area contributed by atoms with Crippen molar-refractivity contribution in [1.29, 1.82) is 0 Å². The number of nitrogens with one attached hydrogen (secondary N) is 3. The van der Waals surface area contributed by atoms with Crippen LogP contribution in [0.5, 0.6) is 0 Å². The number of quaternary nitrogens is 2. The van der Waals surface area contributed by atoms with Gasteiger partial charge in [0.25, 0.3) is 5.91 Å². The maximum atomic E-state index is 13.2. The van der Waals surface area contributed by atoms with Crippen molar-refractivity contribution in [2.45, 2.75) is 6.54 Å². The largest absolute Gasteiger partial charge is 0.321 e. The molecule has 0 radical (unpaired) electrons. The summed E-state index contributed by atoms with van der Waals surface area (Å²) < 4.78 is 14.4. The zero-order chi connectivity index (χ0) is 19.5. The molecular formula is C20H22ClFN4OS+2. The number of carbonyl (C=O) groups is 1. The van der Waals surface area contributed by atoms with Gasteiger partial charge < -0.3 is 15.1 Å². The molecule has 146 valence electrons. The number of thiazole rings is 1. The van der Waals surface area contributed by atoms with Gasteiger partial charge in [-0.05, 0) is 30.3 Å². The van der Waals surface area contributed by atoms with E-state index in [4.69, 9.17) is 16.6 Å². The first-order valence-corrected chi connectivity index (χ1v) is 10.5. The van der Waals surface area contributed by atoms with Crippen molar-refractivity contribution < 1.29 is 19.0 Å². The minimum atomic E-state index is -0.488. The Morgan fingerprint density at radius 3 is 2.64 bits per heavy atom. The highest BCUT2D eigenvalue weighted by Crippen LogP contribution is 2.21. The average Bonchev–Trinajstić information content (AvgIpc) is 3.08. The number of anilines is 1. The summed E-state index contributed by atoms with van der Waals surface area (Å²) in [5.41, 5.74) is 1.60. The number of para-hydroxylation sites is 1. The molecule has 1 aliphatic rings. The molecule has 2 aromatic carbocycles. The van der Waals surface area contributed by atoms with Crippen LogP contribution in [0.3, 0.4) is 0 Å². The number of amides is 1. The standard InChI is InChI=1S/C20H20ClFN4OS/c21-15-11-14(5-6-16(15)22)23-19(27)12-25-7-9-26(10-8-25)13-20-24-17-3-1-2-4-18(17)28-20/h1-6,11H,7-10,12-13H2,(H,23,27)/p+2. The molecular weight excluding hydrogens is 399 g/mol. The Labute approximate surface area is 171 Å². The van der Waals surface area contributed by atoms with Gasteiger partial charge in [-0.25, -0.2) is 9.37 Å². The second-order valence-corrected chi connectivity index (χ2v) is 8.63. The fourth-order valence-electron chi connectivity index (χ4n) is 3.53. The molecule has 3 N–H and O–H groups in total. The fourth-order valence-corrected chi connectivity index (χ4v) is 4.75. The third-order valence-electron chi connectivity index (χ3n) is 5.02. The second kappa shape index (κ2) is 8.53. The number of halogens is 2. The van der Waals surface area contributed by atoms with E-state index in [2.05, 4.69) is 17.4 Å². The number of nitrogens with zero attached hydrogens (tertiary/aromatic N) is 1. The molecule has 1 fully saturated rings. The summed E-state index contributed by atoms with van der Waals surface area (Å²) in [4.78, 5) is 19.8. The maximum Gasteiger partial charge on any atom is 0.279 e. The molecule has 1 amide bonds. The lowest BCUT2D eigenvalue weighted by atomic mass is 10.3. The van der Waals surface area contributed by atoms with E-state index >= 15 is 0 Å². The van der Waals surface area contributed by atoms with Gasteiger partial charge in [-0.3, -0.25) is 4.79 Å². The molecule has 28 heavy (non-hydrogen) atoms. The zero-order valence-corrected chi connectivity index (χ0v) is 16.9. The smallest absolute Gasteiger partial charge is 0.279 e. The Morgan fingerprint density at radius 1 is 1.14 bits per heavy atom. The number of piperazine rings is 1. The SMILES string of the molecule is O=C(C[NH+]1CC[NH+](Cc2nc3ccccc3s2)CC1)Nc1ccc(F)c(Cl)c1. The fraction of sp³-hybridized carbons (Fsp3) is 0.300. The van der Waals surface area contributed by atoms with Crippen LogP contribution in [0.15, 0.2) is 42.5 Å². The Balaban J connectivity index is 1.25. The highest BCUT2D eigenvalue weighted by atomic mass is 35.5. The molecule has 1 aliphatic heterocycles. The van der Waals surface area contributed by atoms with Crippen molar-refractivity contribution in [2.75, 3.05) is 38.0 Å². The molecule has 0 atom stereocenters. The molecule has 1 saturated heterocycles. The third-order valence-corrected chi connectivity index (χ3v) is 6.34. The van der Waals surface area contributed by atoms with E-state index in [9.17, 15) is 9.18 Å². The van der Waals surface area contributed by atoms with Crippen molar-refractivity contribution in [3.05, 3.63) is 58.3 Å². The molecule has 1 aromatic heterocycles. The highest BCUT2D eigenvalue weighted by molar-refractivity contribution is 7.18. The van der Waals surface area contributed by atoms with E-state index < -0.39 is 5.82 Å². The summed E-state index contributed by atoms with van der Waals surface area (Å²) >= 11 is 7.52. The second-order valence-electron chi connectivity index (χ2n) is 7.11. The van der Waals surface area contributed by atoms with Gasteiger partial charge in [-0.15, -0.1) is 11.3 Å². The van der Waals surface area contributed by atoms with E-state index in [1.54, 1.807) is 11.3 Å². The lowest BCUT2D eigenvalue weighted by Crippen LogP contribution is -3.28. The lowest BCUT2D eigenvalue weighted by molar-refractivity contribution is -1.01. The summed E-state index contributed by atoms with van der Waals surface area (Å²) in [6.07, 6.45) is 0. The number of hydrogen-bond donors (Lipinski definition) is 3. The molecule has 8 heteroatoms. The van der Waals surface area contributed by atoms with Crippen LogP contribution in [0.1, 0.15) is 5.01 Å². The van der Waals surface area contributed by atoms with E-state index in [1.165, 1.54) is 37.7 Å². The first-order chi connectivity index (χ1) is 13.6. The van der Waals surface area contributed by atoms with Gasteiger partial charge in [0, 0.05) is 5.69 Å². The number of hydrogen-bond acceptors (Lipinski definition) is 3. The molecule has 0 bridgehead atoms. The molecule has 5 nitrogen and oxygen atoms in total. The summed E-state index contributed by atoms with van der Waals surface area (Å²) in [5.74, 6) is -0.565. The van der Waals surface area contributed by atoms with Crippen LogP contribution in [-0.2, 0) is 11.3 Å². The number of aromatic nitrogens is 1. The highest BCUT2D eigenvalue weighted by Gasteiger charge is 2.25. The van der Waals surface area contributed by atoms with E-state index in [-0.39, 0.29) is 10.9 Å². The molecule has 0 saturated carbocycles. The van der Waals surface area contributed by atoms with Crippen molar-refractivity contribution >= 4 is 44.7 Å². The minimum Gasteiger partial charge on any atom is -0.321 e. The van der Waals surface area contributed by atoms with Crippen molar-refractivity contribution in [3.63, 3.8) is 0 Å². The van der Waals surface area contributed by atoms with Crippen molar-refractivity contribution in [3.8, 4) is 0 Å². The topological polar surface area (TPSA) is 50.9 Å². The molecule has 0 spiro atoms. The van der Waals surface area contributed by atoms with Crippen molar-refractivity contribution in [1.82, 2.24) is 4.98 Å². The van der Waals surface area contributed by atoms with Crippen LogP contribution in [-0.4, -0.2) is 43.6 Å². The van der Waals surface area contributed by atoms with Crippen LogP contribution < -0.4 is 15.1 Å². The zero-order valence-electron chi connectivity index (χ0n) is 15.3. The third kappa shape index (κ3) is 4.67. The van der Waals surface area contributed by atoms with E-state index in [1.807, 2.05) is 12.1 Å². The van der Waals surface area contributed by atoms with Gasteiger partial charge in [-0.2, -0.15) is 0 Å². The summed E-state index contributed by atoms with van der Waals surface area (Å²) in [6.45, 7) is 5.26. The molecule has 0 aliphatic carbocycles. The number of rotatable bonds is 5. The van der Waals surface area contributed by atoms with Gasteiger partial charge in [0.05, 0.1) is 15.2 Å². The van der Waals surface area contributed by atoms with Gasteiger partial charge in [0.2, 0.25) is 0 Å². The Hall–Kier alpha value is -2.06. The van der Waals surface area contributed by atoms with E-state index in [0.29, 0.717) is 12.2 Å². The van der Waals surface area contributed by atoms with Gasteiger partial charge >= 0.3 is 0 Å². The number of benzene rings is 2. The number of fused-ring (bicyclic) bond motifs is 1. The predicted octanol–water partition coefficient (Wildman–Crippen LogP) is 1.01. The average molecular weight is 421 g/mol. The Bertz CT molecular complexity index is 954. The molecule has 2 heterocycles. The van der Waals surface area contributed by atoms with Crippen LogP contribution in [0, 0.1) is 5.82 Å². The van der Waals surface area contributed by atoms with E-state index in [0.717, 1.165) is 38.2 Å². The first kappa shape index (κ1) is 19.3. The van der Waals surface area contributed by atoms with Crippen LogP contribution in [0.2, 0.25) is 5.02 Å². The predicted molar refractivity (Wildman–Crippen MR) is 110 cm³/mol. The molecule has 0 unspecified atom stereocenters. The monoisotopic (exact) mass is 420 g/mol. The Kier molecular flexibility index (Phi) is 5.87. The number of carbonyl (C=O) groups excluding carboxylic acids is 1. The summed E-state index contributed by atoms with van der Waals surface area (Å²) in [7, 11) is 0. The van der Waals surface area contributed by atoms with Gasteiger partial charge in [0.1, 0.15) is 43.5 Å². The van der Waals surface area contributed by atoms with Gasteiger partial charge in [-0.1, -0.05) is 23.7 Å². The normalized spacial score (nSPS) is 19.6. The minimum absolute atomic E-state index is 0.0113. The first-order valence-electron chi connectivity index (χ1n) is 9.33. The van der Waals surface area contributed by atoms with Crippen LogP contribution >= 0.6 is 22.9 Å². The maximum absolute atomic E-state index is 13.2. The summed E-state index contributed by atoms with van der Waals surface area (Å²) in [6, 6.07) is 12.4. The quantitative estimate of drug-likeness (QED) is 0.577. The van der Waals surface area contributed by atoms with Crippen LogP contribution in [0.4, 0.5) is 10.1 Å². The molecule has 3 aromatic rings. The summed E-state index contributed by atoms with van der Waals surface area (Å²) in [5, 5.41) is 3.98. The lowest BCUT2D eigenvalue weighted by Gasteiger charge is -2.28.